The first-order valence-electron chi connectivity index (χ1n) is 34.3. The van der Waals surface area contributed by atoms with Gasteiger partial charge < -0.3 is 14.2 Å². The lowest BCUT2D eigenvalue weighted by molar-refractivity contribution is -0.167. The molecule has 6 heteroatoms. The Balaban J connectivity index is 4.45. The maximum atomic E-state index is 12.9. The third-order valence-electron chi connectivity index (χ3n) is 14.3. The topological polar surface area (TPSA) is 78.9 Å². The molecular formula is C77H126O6. The van der Waals surface area contributed by atoms with E-state index in [2.05, 4.69) is 167 Å². The van der Waals surface area contributed by atoms with Crippen molar-refractivity contribution in [2.45, 2.75) is 309 Å². The lowest BCUT2D eigenvalue weighted by atomic mass is 10.0. The van der Waals surface area contributed by atoms with E-state index in [1.54, 1.807) is 0 Å². The van der Waals surface area contributed by atoms with Crippen molar-refractivity contribution < 1.29 is 28.6 Å². The van der Waals surface area contributed by atoms with Crippen molar-refractivity contribution in [1.82, 2.24) is 0 Å². The molecule has 0 saturated carbocycles. The van der Waals surface area contributed by atoms with Gasteiger partial charge in [-0.25, -0.2) is 0 Å². The predicted molar refractivity (Wildman–Crippen MR) is 362 cm³/mol. The first-order chi connectivity index (χ1) is 41.0. The highest BCUT2D eigenvalue weighted by molar-refractivity contribution is 5.71. The Morgan fingerprint density at radius 1 is 0.253 bits per heavy atom. The van der Waals surface area contributed by atoms with Gasteiger partial charge in [0.1, 0.15) is 13.2 Å². The molecule has 470 valence electrons. The highest BCUT2D eigenvalue weighted by Crippen LogP contribution is 2.16. The zero-order valence-corrected chi connectivity index (χ0v) is 53.9. The van der Waals surface area contributed by atoms with Gasteiger partial charge in [-0.15, -0.1) is 0 Å². The lowest BCUT2D eigenvalue weighted by Crippen LogP contribution is -2.30. The van der Waals surface area contributed by atoms with E-state index in [4.69, 9.17) is 14.2 Å². The monoisotopic (exact) mass is 1150 g/mol. The third kappa shape index (κ3) is 68.0. The van der Waals surface area contributed by atoms with Crippen LogP contribution in [-0.2, 0) is 28.6 Å². The maximum Gasteiger partial charge on any atom is 0.306 e. The van der Waals surface area contributed by atoms with Crippen LogP contribution in [0.2, 0.25) is 0 Å². The standard InChI is InChI=1S/C77H126O6/c1-4-7-10-13-16-19-22-25-28-31-33-34-35-36-37-38-39-40-41-42-44-46-49-52-55-58-61-64-67-70-76(79)82-73-74(72-81-75(78)69-66-63-60-57-54-51-48-45-30-27-24-21-18-15-12-9-6-3)83-77(80)71-68-65-62-59-56-53-50-47-43-32-29-26-23-20-17-14-11-8-5-2/h7,9-10,12,16,18-19,21,25,27-28,30,33-34,36-37,39-40,42,44,48-49,51-52,74H,4-6,8,11,13-15,17,20,22-24,26,29,31-32,35,38,41,43,45-47,50,53-73H2,1-3H3/b10-7-,12-9-,19-16-,21-18-,28-25-,30-27-,34-33-,37-36-,40-39-,44-42-,51-48-,52-49-. The second-order valence-corrected chi connectivity index (χ2v) is 22.3. The molecule has 0 N–H and O–H groups in total. The normalized spacial score (nSPS) is 13.0. The van der Waals surface area contributed by atoms with Gasteiger partial charge in [0.2, 0.25) is 0 Å². The molecule has 0 aliphatic carbocycles. The van der Waals surface area contributed by atoms with Gasteiger partial charge in [0, 0.05) is 19.3 Å². The molecule has 0 bridgehead atoms. The average Bonchev–Trinajstić information content (AvgIpc) is 3.49. The predicted octanol–water partition coefficient (Wildman–Crippen LogP) is 23.9. The fourth-order valence-electron chi connectivity index (χ4n) is 9.27. The van der Waals surface area contributed by atoms with Gasteiger partial charge >= 0.3 is 17.9 Å². The number of carbonyl (C=O) groups is 3. The van der Waals surface area contributed by atoms with Crippen molar-refractivity contribution >= 4 is 17.9 Å². The third-order valence-corrected chi connectivity index (χ3v) is 14.3. The number of unbranched alkanes of at least 4 members (excludes halogenated alkanes) is 26. The number of ether oxygens (including phenoxy) is 3. The molecule has 0 rings (SSSR count). The molecule has 83 heavy (non-hydrogen) atoms. The maximum absolute atomic E-state index is 12.9. The summed E-state index contributed by atoms with van der Waals surface area (Å²) in [5, 5.41) is 0. The summed E-state index contributed by atoms with van der Waals surface area (Å²) in [6.07, 6.45) is 100. The van der Waals surface area contributed by atoms with Crippen LogP contribution in [-0.4, -0.2) is 37.2 Å². The molecule has 0 aliphatic heterocycles. The first kappa shape index (κ1) is 78.3. The Hall–Kier alpha value is -4.71. The lowest BCUT2D eigenvalue weighted by Gasteiger charge is -2.18. The van der Waals surface area contributed by atoms with Crippen LogP contribution in [0.1, 0.15) is 303 Å². The summed E-state index contributed by atoms with van der Waals surface area (Å²) in [5.41, 5.74) is 0. The van der Waals surface area contributed by atoms with Crippen molar-refractivity contribution in [2.24, 2.45) is 0 Å². The van der Waals surface area contributed by atoms with E-state index in [0.29, 0.717) is 19.3 Å². The minimum absolute atomic E-state index is 0.102. The van der Waals surface area contributed by atoms with Gasteiger partial charge in [-0.3, -0.25) is 14.4 Å². The Labute approximate surface area is 512 Å². The van der Waals surface area contributed by atoms with Crippen LogP contribution in [0.3, 0.4) is 0 Å². The minimum atomic E-state index is -0.805. The van der Waals surface area contributed by atoms with Crippen LogP contribution in [0.15, 0.2) is 146 Å². The molecule has 0 saturated heterocycles. The summed E-state index contributed by atoms with van der Waals surface area (Å²) in [6, 6.07) is 0. The molecule has 0 aromatic rings. The number of hydrogen-bond donors (Lipinski definition) is 0. The fourth-order valence-corrected chi connectivity index (χ4v) is 9.27. The van der Waals surface area contributed by atoms with E-state index in [1.165, 1.54) is 103 Å². The second-order valence-electron chi connectivity index (χ2n) is 22.3. The molecule has 1 atom stereocenters. The van der Waals surface area contributed by atoms with Crippen molar-refractivity contribution in [3.8, 4) is 0 Å². The Morgan fingerprint density at radius 2 is 0.470 bits per heavy atom. The summed E-state index contributed by atoms with van der Waals surface area (Å²) in [6.45, 7) is 6.40. The van der Waals surface area contributed by atoms with E-state index >= 15 is 0 Å². The fraction of sp³-hybridized carbons (Fsp3) is 0.649. The van der Waals surface area contributed by atoms with Crippen molar-refractivity contribution in [2.75, 3.05) is 13.2 Å². The summed E-state index contributed by atoms with van der Waals surface area (Å²) in [4.78, 5) is 38.4. The van der Waals surface area contributed by atoms with Crippen LogP contribution in [0, 0.1) is 0 Å². The Kier molecular flexibility index (Phi) is 65.8. The molecule has 0 radical (unpaired) electrons. The largest absolute Gasteiger partial charge is 0.462 e. The Bertz CT molecular complexity index is 1800. The van der Waals surface area contributed by atoms with Gasteiger partial charge in [0.05, 0.1) is 0 Å². The number of carbonyl (C=O) groups excluding carboxylic acids is 3. The quantitative estimate of drug-likeness (QED) is 0.0261. The molecule has 0 fully saturated rings. The smallest absolute Gasteiger partial charge is 0.306 e. The Morgan fingerprint density at radius 3 is 0.735 bits per heavy atom. The molecule has 1 unspecified atom stereocenters. The molecule has 0 aliphatic rings. The summed E-state index contributed by atoms with van der Waals surface area (Å²) < 4.78 is 16.9. The summed E-state index contributed by atoms with van der Waals surface area (Å²) >= 11 is 0. The molecule has 0 aromatic carbocycles. The van der Waals surface area contributed by atoms with Gasteiger partial charge in [0.25, 0.3) is 0 Å². The zero-order valence-electron chi connectivity index (χ0n) is 53.9. The SMILES string of the molecule is CC/C=C\C/C=C\C/C=C\C/C=C\C/C=C\C/C=C\C/C=C\C/C=C\CCCCCCC(=O)OCC(COC(=O)CCCCCC/C=C\C/C=C\C/C=C\C/C=C\CC)OC(=O)CCCCCCCCCCCCCCCCCCCCC. The number of esters is 3. The number of allylic oxidation sites excluding steroid dienone is 24. The van der Waals surface area contributed by atoms with Crippen LogP contribution in [0.4, 0.5) is 0 Å². The van der Waals surface area contributed by atoms with Gasteiger partial charge in [0.15, 0.2) is 6.10 Å². The van der Waals surface area contributed by atoms with Gasteiger partial charge in [-0.05, 0) is 122 Å². The van der Waals surface area contributed by atoms with E-state index in [0.717, 1.165) is 161 Å². The minimum Gasteiger partial charge on any atom is -0.462 e. The number of rotatable bonds is 61. The highest BCUT2D eigenvalue weighted by atomic mass is 16.6. The van der Waals surface area contributed by atoms with Crippen molar-refractivity contribution in [1.29, 1.82) is 0 Å². The molecule has 0 spiro atoms. The molecule has 0 heterocycles. The van der Waals surface area contributed by atoms with Crippen LogP contribution in [0.25, 0.3) is 0 Å². The van der Waals surface area contributed by atoms with E-state index in [9.17, 15) is 14.4 Å². The zero-order chi connectivity index (χ0) is 59.9. The van der Waals surface area contributed by atoms with Gasteiger partial charge in [-0.1, -0.05) is 308 Å². The van der Waals surface area contributed by atoms with Crippen LogP contribution in [0.5, 0.6) is 0 Å². The van der Waals surface area contributed by atoms with Crippen LogP contribution >= 0.6 is 0 Å². The van der Waals surface area contributed by atoms with Crippen molar-refractivity contribution in [3.05, 3.63) is 146 Å². The van der Waals surface area contributed by atoms with Crippen LogP contribution < -0.4 is 0 Å². The van der Waals surface area contributed by atoms with Gasteiger partial charge in [-0.2, -0.15) is 0 Å². The molecule has 0 amide bonds. The molecular weight excluding hydrogens is 1020 g/mol. The average molecular weight is 1150 g/mol. The molecule has 6 nitrogen and oxygen atoms in total. The van der Waals surface area contributed by atoms with E-state index < -0.39 is 6.10 Å². The first-order valence-corrected chi connectivity index (χ1v) is 34.3. The van der Waals surface area contributed by atoms with Crippen molar-refractivity contribution in [3.63, 3.8) is 0 Å². The number of hydrogen-bond acceptors (Lipinski definition) is 6. The highest BCUT2D eigenvalue weighted by Gasteiger charge is 2.19. The second kappa shape index (κ2) is 69.8. The summed E-state index contributed by atoms with van der Waals surface area (Å²) in [5.74, 6) is -0.941. The summed E-state index contributed by atoms with van der Waals surface area (Å²) in [7, 11) is 0. The molecule has 0 aromatic heterocycles. The van der Waals surface area contributed by atoms with E-state index in [-0.39, 0.29) is 31.1 Å². The van der Waals surface area contributed by atoms with E-state index in [1.807, 2.05) is 0 Å².